The van der Waals surface area contributed by atoms with Crippen molar-refractivity contribution in [3.8, 4) is 0 Å². The Kier molecular flexibility index (Phi) is 4.46. The second-order valence-corrected chi connectivity index (χ2v) is 7.29. The van der Waals surface area contributed by atoms with Crippen LogP contribution in [0, 0.1) is 18.7 Å². The standard InChI is InChI=1S/C18H28FNO/c1-7-20-16(13-10-8-9-12(2)15(13)19)14-11-17(3,4)21-18(14,5)6/h8-10,14,16,20H,7,11H2,1-6H3. The number of aryl methyl sites for hydroxylation is 1. The Balaban J connectivity index is 2.42. The molecular weight excluding hydrogens is 265 g/mol. The number of benzene rings is 1. The summed E-state index contributed by atoms with van der Waals surface area (Å²) < 4.78 is 20.8. The van der Waals surface area contributed by atoms with Crippen LogP contribution in [0.15, 0.2) is 18.2 Å². The van der Waals surface area contributed by atoms with Crippen LogP contribution in [0.2, 0.25) is 0 Å². The zero-order chi connectivity index (χ0) is 15.8. The van der Waals surface area contributed by atoms with E-state index < -0.39 is 0 Å². The van der Waals surface area contributed by atoms with E-state index in [9.17, 15) is 4.39 Å². The molecule has 3 heteroatoms. The Bertz CT molecular complexity index is 510. The van der Waals surface area contributed by atoms with E-state index in [-0.39, 0.29) is 29.0 Å². The molecule has 1 saturated heterocycles. The molecule has 21 heavy (non-hydrogen) atoms. The predicted molar refractivity (Wildman–Crippen MR) is 84.9 cm³/mol. The largest absolute Gasteiger partial charge is 0.369 e. The van der Waals surface area contributed by atoms with Gasteiger partial charge in [-0.3, -0.25) is 0 Å². The first kappa shape index (κ1) is 16.4. The molecule has 0 saturated carbocycles. The molecule has 1 aliphatic heterocycles. The van der Waals surface area contributed by atoms with Gasteiger partial charge >= 0.3 is 0 Å². The van der Waals surface area contributed by atoms with Crippen molar-refractivity contribution < 1.29 is 9.13 Å². The topological polar surface area (TPSA) is 21.3 Å². The molecule has 0 bridgehead atoms. The Morgan fingerprint density at radius 3 is 2.52 bits per heavy atom. The molecule has 0 amide bonds. The molecule has 1 fully saturated rings. The van der Waals surface area contributed by atoms with Crippen LogP contribution in [0.25, 0.3) is 0 Å². The quantitative estimate of drug-likeness (QED) is 0.889. The van der Waals surface area contributed by atoms with E-state index in [1.807, 2.05) is 25.1 Å². The van der Waals surface area contributed by atoms with Gasteiger partial charge in [-0.2, -0.15) is 0 Å². The van der Waals surface area contributed by atoms with Crippen LogP contribution in [0.3, 0.4) is 0 Å². The average molecular weight is 293 g/mol. The monoisotopic (exact) mass is 293 g/mol. The molecule has 118 valence electrons. The van der Waals surface area contributed by atoms with Crippen molar-refractivity contribution in [3.63, 3.8) is 0 Å². The molecule has 0 radical (unpaired) electrons. The zero-order valence-corrected chi connectivity index (χ0v) is 14.1. The van der Waals surface area contributed by atoms with Crippen molar-refractivity contribution in [1.82, 2.24) is 5.32 Å². The third-order valence-electron chi connectivity index (χ3n) is 4.53. The summed E-state index contributed by atoms with van der Waals surface area (Å²) in [6.45, 7) is 13.2. The van der Waals surface area contributed by atoms with Crippen LogP contribution in [-0.2, 0) is 4.74 Å². The number of ether oxygens (including phenoxy) is 1. The van der Waals surface area contributed by atoms with Crippen molar-refractivity contribution in [2.75, 3.05) is 6.54 Å². The molecule has 2 rings (SSSR count). The van der Waals surface area contributed by atoms with E-state index in [4.69, 9.17) is 4.74 Å². The number of nitrogens with one attached hydrogen (secondary N) is 1. The van der Waals surface area contributed by atoms with Gasteiger partial charge in [-0.05, 0) is 53.1 Å². The van der Waals surface area contributed by atoms with Gasteiger partial charge in [0.2, 0.25) is 0 Å². The fraction of sp³-hybridized carbons (Fsp3) is 0.667. The molecule has 0 aromatic heterocycles. The van der Waals surface area contributed by atoms with Gasteiger partial charge in [0.05, 0.1) is 11.2 Å². The second kappa shape index (κ2) is 5.69. The van der Waals surface area contributed by atoms with Crippen molar-refractivity contribution in [1.29, 1.82) is 0 Å². The fourth-order valence-corrected chi connectivity index (χ4v) is 3.72. The molecule has 2 unspecified atom stereocenters. The van der Waals surface area contributed by atoms with Crippen LogP contribution < -0.4 is 5.32 Å². The molecule has 1 aromatic carbocycles. The molecule has 1 aromatic rings. The van der Waals surface area contributed by atoms with Crippen LogP contribution in [0.4, 0.5) is 4.39 Å². The summed E-state index contributed by atoms with van der Waals surface area (Å²) in [5, 5.41) is 3.48. The highest BCUT2D eigenvalue weighted by Crippen LogP contribution is 2.48. The lowest BCUT2D eigenvalue weighted by Gasteiger charge is -2.34. The highest BCUT2D eigenvalue weighted by Gasteiger charge is 2.49. The van der Waals surface area contributed by atoms with Crippen LogP contribution >= 0.6 is 0 Å². The lowest BCUT2D eigenvalue weighted by molar-refractivity contribution is -0.0779. The fourth-order valence-electron chi connectivity index (χ4n) is 3.72. The molecule has 0 spiro atoms. The summed E-state index contributed by atoms with van der Waals surface area (Å²) in [6, 6.07) is 5.64. The van der Waals surface area contributed by atoms with Gasteiger partial charge in [0.25, 0.3) is 0 Å². The summed E-state index contributed by atoms with van der Waals surface area (Å²) in [5.41, 5.74) is 1.02. The van der Waals surface area contributed by atoms with E-state index in [2.05, 4.69) is 39.9 Å². The first-order valence-electron chi connectivity index (χ1n) is 7.86. The summed E-state index contributed by atoms with van der Waals surface area (Å²) in [5.74, 6) is 0.146. The zero-order valence-electron chi connectivity index (χ0n) is 14.1. The molecule has 0 aliphatic carbocycles. The summed E-state index contributed by atoms with van der Waals surface area (Å²) in [4.78, 5) is 0. The van der Waals surface area contributed by atoms with Crippen molar-refractivity contribution in [2.24, 2.45) is 5.92 Å². The molecule has 1 heterocycles. The molecule has 1 N–H and O–H groups in total. The minimum absolute atomic E-state index is 0.0216. The van der Waals surface area contributed by atoms with Crippen LogP contribution in [-0.4, -0.2) is 17.7 Å². The van der Waals surface area contributed by atoms with Gasteiger partial charge < -0.3 is 10.1 Å². The van der Waals surface area contributed by atoms with Crippen molar-refractivity contribution in [2.45, 2.75) is 65.2 Å². The first-order valence-corrected chi connectivity index (χ1v) is 7.86. The minimum atomic E-state index is -0.271. The van der Waals surface area contributed by atoms with Crippen LogP contribution in [0.1, 0.15) is 58.2 Å². The SMILES string of the molecule is CCNC(c1cccc(C)c1F)C1CC(C)(C)OC1(C)C. The van der Waals surface area contributed by atoms with E-state index in [1.165, 1.54) is 0 Å². The maximum Gasteiger partial charge on any atom is 0.130 e. The minimum Gasteiger partial charge on any atom is -0.369 e. The average Bonchev–Trinajstić information content (AvgIpc) is 2.58. The van der Waals surface area contributed by atoms with Gasteiger partial charge in [0, 0.05) is 17.5 Å². The maximum atomic E-state index is 14.6. The Hall–Kier alpha value is -0.930. The van der Waals surface area contributed by atoms with Gasteiger partial charge in [-0.15, -0.1) is 0 Å². The second-order valence-electron chi connectivity index (χ2n) is 7.29. The number of rotatable bonds is 4. The predicted octanol–water partition coefficient (Wildman–Crippen LogP) is 4.38. The van der Waals surface area contributed by atoms with Crippen molar-refractivity contribution in [3.05, 3.63) is 35.1 Å². The van der Waals surface area contributed by atoms with Crippen molar-refractivity contribution >= 4 is 0 Å². The summed E-state index contributed by atoms with van der Waals surface area (Å²) in [7, 11) is 0. The van der Waals surface area contributed by atoms with E-state index in [1.54, 1.807) is 0 Å². The Morgan fingerprint density at radius 2 is 2.00 bits per heavy atom. The van der Waals surface area contributed by atoms with Gasteiger partial charge in [-0.1, -0.05) is 25.1 Å². The summed E-state index contributed by atoms with van der Waals surface area (Å²) in [6.07, 6.45) is 0.922. The third-order valence-corrected chi connectivity index (χ3v) is 4.53. The molecule has 2 atom stereocenters. The molecular formula is C18H28FNO. The molecule has 1 aliphatic rings. The highest BCUT2D eigenvalue weighted by atomic mass is 19.1. The third kappa shape index (κ3) is 3.29. The highest BCUT2D eigenvalue weighted by molar-refractivity contribution is 5.29. The number of hydrogen-bond donors (Lipinski definition) is 1. The van der Waals surface area contributed by atoms with E-state index >= 15 is 0 Å². The summed E-state index contributed by atoms with van der Waals surface area (Å²) >= 11 is 0. The maximum absolute atomic E-state index is 14.6. The Labute approximate surface area is 128 Å². The molecule has 2 nitrogen and oxygen atoms in total. The Morgan fingerprint density at radius 1 is 1.33 bits per heavy atom. The first-order chi connectivity index (χ1) is 9.68. The number of halogens is 1. The van der Waals surface area contributed by atoms with Gasteiger partial charge in [0.15, 0.2) is 0 Å². The van der Waals surface area contributed by atoms with E-state index in [0.29, 0.717) is 5.56 Å². The van der Waals surface area contributed by atoms with E-state index in [0.717, 1.165) is 18.5 Å². The number of hydrogen-bond acceptors (Lipinski definition) is 2. The van der Waals surface area contributed by atoms with Gasteiger partial charge in [0.1, 0.15) is 5.82 Å². The van der Waals surface area contributed by atoms with Crippen LogP contribution in [0.5, 0.6) is 0 Å². The normalized spacial score (nSPS) is 25.0. The lowest BCUT2D eigenvalue weighted by Crippen LogP contribution is -2.39. The van der Waals surface area contributed by atoms with Gasteiger partial charge in [-0.25, -0.2) is 4.39 Å². The smallest absolute Gasteiger partial charge is 0.130 e. The lowest BCUT2D eigenvalue weighted by atomic mass is 9.78.